The number of benzene rings is 1. The average Bonchev–Trinajstić information content (AvgIpc) is 2.88. The van der Waals surface area contributed by atoms with Gasteiger partial charge in [0, 0.05) is 5.56 Å². The zero-order valence-electron chi connectivity index (χ0n) is 10.6. The molecule has 2 aromatic rings. The van der Waals surface area contributed by atoms with Gasteiger partial charge in [0.25, 0.3) is 0 Å². The summed E-state index contributed by atoms with van der Waals surface area (Å²) in [5.41, 5.74) is 1.07. The maximum Gasteiger partial charge on any atom is 0.352 e. The molecule has 1 heterocycles. The molecule has 0 saturated heterocycles. The summed E-state index contributed by atoms with van der Waals surface area (Å²) in [6.07, 6.45) is 0.583. The first-order valence-electron chi connectivity index (χ1n) is 5.91. The van der Waals surface area contributed by atoms with E-state index in [0.717, 1.165) is 18.0 Å². The molecule has 1 aromatic heterocycles. The van der Waals surface area contributed by atoms with E-state index in [9.17, 15) is 9.18 Å². The number of hydrogen-bond donors (Lipinski definition) is 0. The first kappa shape index (κ1) is 13.6. The Kier molecular flexibility index (Phi) is 4.21. The molecule has 4 nitrogen and oxygen atoms in total. The van der Waals surface area contributed by atoms with Crippen LogP contribution in [0.25, 0.3) is 11.3 Å². The van der Waals surface area contributed by atoms with Gasteiger partial charge in [-0.15, -0.1) is 5.10 Å². The largest absolute Gasteiger partial charge is 0.458 e. The maximum absolute atomic E-state index is 12.9. The fourth-order valence-corrected chi connectivity index (χ4v) is 2.01. The van der Waals surface area contributed by atoms with Crippen LogP contribution in [-0.4, -0.2) is 21.7 Å². The molecular formula is C13H13FN2O2S. The number of hydrogen-bond acceptors (Lipinski definition) is 5. The number of ether oxygens (including phenoxy) is 1. The van der Waals surface area contributed by atoms with E-state index in [1.165, 1.54) is 12.1 Å². The molecule has 0 unspecified atom stereocenters. The van der Waals surface area contributed by atoms with Crippen LogP contribution in [0.15, 0.2) is 24.3 Å². The van der Waals surface area contributed by atoms with E-state index in [-0.39, 0.29) is 11.9 Å². The number of esters is 1. The van der Waals surface area contributed by atoms with Crippen molar-refractivity contribution in [2.24, 2.45) is 0 Å². The first-order valence-corrected chi connectivity index (χ1v) is 6.68. The minimum Gasteiger partial charge on any atom is -0.458 e. The second-order valence-electron chi connectivity index (χ2n) is 4.08. The van der Waals surface area contributed by atoms with Gasteiger partial charge in [-0.2, -0.15) is 0 Å². The van der Waals surface area contributed by atoms with Crippen LogP contribution in [0.3, 0.4) is 0 Å². The van der Waals surface area contributed by atoms with Gasteiger partial charge in [-0.25, -0.2) is 9.18 Å². The molecule has 0 N–H and O–H groups in total. The highest BCUT2D eigenvalue weighted by Gasteiger charge is 2.20. The Morgan fingerprint density at radius 2 is 2.11 bits per heavy atom. The van der Waals surface area contributed by atoms with Crippen molar-refractivity contribution in [3.8, 4) is 11.3 Å². The highest BCUT2D eigenvalue weighted by Crippen LogP contribution is 2.25. The number of carbonyl (C=O) groups excluding carboxylic acids is 1. The third-order valence-corrected chi connectivity index (χ3v) is 3.38. The highest BCUT2D eigenvalue weighted by atomic mass is 32.1. The van der Waals surface area contributed by atoms with Gasteiger partial charge in [-0.3, -0.25) is 0 Å². The van der Waals surface area contributed by atoms with Crippen LogP contribution < -0.4 is 0 Å². The van der Waals surface area contributed by atoms with Crippen molar-refractivity contribution in [3.05, 3.63) is 35.0 Å². The Hall–Kier alpha value is -1.82. The van der Waals surface area contributed by atoms with Crippen molar-refractivity contribution in [1.82, 2.24) is 9.59 Å². The molecule has 19 heavy (non-hydrogen) atoms. The standard InChI is InChI=1S/C13H13FN2O2S/c1-3-8(2)18-13(17)12-11(15-16-19-12)9-4-6-10(14)7-5-9/h4-8H,3H2,1-2H3/t8-/m0/s1. The van der Waals surface area contributed by atoms with Crippen LogP contribution in [0.5, 0.6) is 0 Å². The van der Waals surface area contributed by atoms with E-state index < -0.39 is 5.97 Å². The molecule has 0 aliphatic carbocycles. The molecule has 0 amide bonds. The van der Waals surface area contributed by atoms with Gasteiger partial charge in [0.05, 0.1) is 6.10 Å². The van der Waals surface area contributed by atoms with Gasteiger partial charge in [-0.05, 0) is 49.1 Å². The van der Waals surface area contributed by atoms with Gasteiger partial charge in [-0.1, -0.05) is 11.4 Å². The first-order chi connectivity index (χ1) is 9.11. The van der Waals surface area contributed by atoms with Crippen LogP contribution in [0.1, 0.15) is 29.9 Å². The summed E-state index contributed by atoms with van der Waals surface area (Å²) in [6, 6.07) is 5.76. The minimum atomic E-state index is -0.441. The van der Waals surface area contributed by atoms with Crippen molar-refractivity contribution in [1.29, 1.82) is 0 Å². The van der Waals surface area contributed by atoms with Crippen LogP contribution >= 0.6 is 11.5 Å². The zero-order valence-corrected chi connectivity index (χ0v) is 11.4. The summed E-state index contributed by atoms with van der Waals surface area (Å²) in [5.74, 6) is -0.778. The number of carbonyl (C=O) groups is 1. The van der Waals surface area contributed by atoms with Crippen molar-refractivity contribution in [3.63, 3.8) is 0 Å². The summed E-state index contributed by atoms with van der Waals surface area (Å²) in [4.78, 5) is 12.3. The average molecular weight is 280 g/mol. The van der Waals surface area contributed by atoms with E-state index in [0.29, 0.717) is 16.1 Å². The Morgan fingerprint density at radius 3 is 2.74 bits per heavy atom. The Bertz CT molecular complexity index is 568. The smallest absolute Gasteiger partial charge is 0.352 e. The van der Waals surface area contributed by atoms with E-state index in [2.05, 4.69) is 9.59 Å². The maximum atomic E-state index is 12.9. The van der Waals surface area contributed by atoms with Gasteiger partial charge in [0.15, 0.2) is 4.88 Å². The molecule has 0 radical (unpaired) electrons. The van der Waals surface area contributed by atoms with Crippen molar-refractivity contribution in [2.75, 3.05) is 0 Å². The molecular weight excluding hydrogens is 267 g/mol. The molecule has 0 saturated carbocycles. The molecule has 0 aliphatic rings. The predicted molar refractivity (Wildman–Crippen MR) is 70.5 cm³/mol. The Morgan fingerprint density at radius 1 is 1.42 bits per heavy atom. The molecule has 2 rings (SSSR count). The number of rotatable bonds is 4. The van der Waals surface area contributed by atoms with E-state index in [4.69, 9.17) is 4.74 Å². The van der Waals surface area contributed by atoms with E-state index in [1.54, 1.807) is 12.1 Å². The summed E-state index contributed by atoms with van der Waals surface area (Å²) >= 11 is 0.980. The van der Waals surface area contributed by atoms with Crippen LogP contribution in [0, 0.1) is 5.82 Å². The fourth-order valence-electron chi connectivity index (χ4n) is 1.44. The quantitative estimate of drug-likeness (QED) is 0.806. The lowest BCUT2D eigenvalue weighted by Crippen LogP contribution is -2.13. The fraction of sp³-hybridized carbons (Fsp3) is 0.308. The van der Waals surface area contributed by atoms with Crippen molar-refractivity contribution < 1.29 is 13.9 Å². The topological polar surface area (TPSA) is 52.1 Å². The summed E-state index contributed by atoms with van der Waals surface area (Å²) in [6.45, 7) is 3.76. The third-order valence-electron chi connectivity index (χ3n) is 2.67. The SMILES string of the molecule is CC[C@H](C)OC(=O)c1snnc1-c1ccc(F)cc1. The number of aromatic nitrogens is 2. The van der Waals surface area contributed by atoms with Crippen LogP contribution in [0.4, 0.5) is 4.39 Å². The third kappa shape index (κ3) is 3.14. The second kappa shape index (κ2) is 5.88. The second-order valence-corrected chi connectivity index (χ2v) is 4.84. The molecule has 6 heteroatoms. The lowest BCUT2D eigenvalue weighted by molar-refractivity contribution is 0.0341. The monoisotopic (exact) mass is 280 g/mol. The van der Waals surface area contributed by atoms with Crippen molar-refractivity contribution >= 4 is 17.5 Å². The lowest BCUT2D eigenvalue weighted by atomic mass is 10.1. The van der Waals surface area contributed by atoms with Crippen LogP contribution in [-0.2, 0) is 4.74 Å². The molecule has 0 bridgehead atoms. The number of nitrogens with zero attached hydrogens (tertiary/aromatic N) is 2. The van der Waals surface area contributed by atoms with E-state index >= 15 is 0 Å². The summed E-state index contributed by atoms with van der Waals surface area (Å²) in [7, 11) is 0. The Balaban J connectivity index is 2.27. The molecule has 1 aromatic carbocycles. The molecule has 0 aliphatic heterocycles. The lowest BCUT2D eigenvalue weighted by Gasteiger charge is -2.09. The van der Waals surface area contributed by atoms with Crippen molar-refractivity contribution in [2.45, 2.75) is 26.4 Å². The predicted octanol–water partition coefficient (Wildman–Crippen LogP) is 3.30. The number of halogens is 1. The molecule has 0 spiro atoms. The highest BCUT2D eigenvalue weighted by molar-refractivity contribution is 7.08. The van der Waals surface area contributed by atoms with E-state index in [1.807, 2.05) is 13.8 Å². The zero-order chi connectivity index (χ0) is 13.8. The minimum absolute atomic E-state index is 0.157. The van der Waals surface area contributed by atoms with Gasteiger partial charge in [0.2, 0.25) is 0 Å². The molecule has 0 fully saturated rings. The summed E-state index contributed by atoms with van der Waals surface area (Å²) < 4.78 is 21.9. The molecule has 100 valence electrons. The van der Waals surface area contributed by atoms with Crippen LogP contribution in [0.2, 0.25) is 0 Å². The van der Waals surface area contributed by atoms with Gasteiger partial charge < -0.3 is 4.74 Å². The molecule has 1 atom stereocenters. The van der Waals surface area contributed by atoms with Gasteiger partial charge >= 0.3 is 5.97 Å². The Labute approximate surface area is 114 Å². The normalized spacial score (nSPS) is 12.2. The van der Waals surface area contributed by atoms with Gasteiger partial charge in [0.1, 0.15) is 11.5 Å². The summed E-state index contributed by atoms with van der Waals surface area (Å²) in [5, 5.41) is 3.92.